The van der Waals surface area contributed by atoms with Crippen LogP contribution in [-0.2, 0) is 0 Å². The molecular formula is C17H18ClF2N. The Morgan fingerprint density at radius 1 is 1.05 bits per heavy atom. The van der Waals surface area contributed by atoms with Gasteiger partial charge in [0.15, 0.2) is 11.6 Å². The first-order valence-corrected chi connectivity index (χ1v) is 7.27. The number of aryl methyl sites for hydroxylation is 2. The maximum atomic E-state index is 14.3. The third kappa shape index (κ3) is 3.25. The maximum Gasteiger partial charge on any atom is 0.164 e. The van der Waals surface area contributed by atoms with Crippen molar-refractivity contribution in [2.45, 2.75) is 26.8 Å². The van der Waals surface area contributed by atoms with Crippen molar-refractivity contribution in [1.82, 2.24) is 5.32 Å². The van der Waals surface area contributed by atoms with Gasteiger partial charge in [-0.25, -0.2) is 8.78 Å². The summed E-state index contributed by atoms with van der Waals surface area (Å²) >= 11 is 6.15. The van der Waals surface area contributed by atoms with Gasteiger partial charge in [-0.1, -0.05) is 42.8 Å². The molecule has 0 fully saturated rings. The molecule has 0 aliphatic heterocycles. The molecule has 0 heterocycles. The number of hydrogen-bond donors (Lipinski definition) is 1. The van der Waals surface area contributed by atoms with Gasteiger partial charge < -0.3 is 5.32 Å². The predicted molar refractivity (Wildman–Crippen MR) is 82.8 cm³/mol. The number of nitrogens with one attached hydrogen (secondary N) is 1. The SMILES string of the molecule is CCNC(c1ccc(C)c(Cl)c1)c1ccc(C)c(F)c1F. The van der Waals surface area contributed by atoms with E-state index < -0.39 is 17.7 Å². The van der Waals surface area contributed by atoms with Crippen molar-refractivity contribution in [3.8, 4) is 0 Å². The zero-order valence-electron chi connectivity index (χ0n) is 12.3. The summed E-state index contributed by atoms with van der Waals surface area (Å²) in [6, 6.07) is 8.34. The van der Waals surface area contributed by atoms with Crippen LogP contribution in [-0.4, -0.2) is 6.54 Å². The van der Waals surface area contributed by atoms with E-state index in [-0.39, 0.29) is 0 Å². The maximum absolute atomic E-state index is 14.3. The average Bonchev–Trinajstić information content (AvgIpc) is 2.46. The van der Waals surface area contributed by atoms with Crippen LogP contribution in [0.1, 0.15) is 35.2 Å². The summed E-state index contributed by atoms with van der Waals surface area (Å²) in [4.78, 5) is 0. The van der Waals surface area contributed by atoms with Gasteiger partial charge in [0.25, 0.3) is 0 Å². The van der Waals surface area contributed by atoms with Crippen LogP contribution < -0.4 is 5.32 Å². The van der Waals surface area contributed by atoms with Crippen LogP contribution in [0.25, 0.3) is 0 Å². The Bertz CT molecular complexity index is 655. The van der Waals surface area contributed by atoms with Crippen LogP contribution in [0.15, 0.2) is 30.3 Å². The monoisotopic (exact) mass is 309 g/mol. The molecule has 21 heavy (non-hydrogen) atoms. The molecule has 1 unspecified atom stereocenters. The topological polar surface area (TPSA) is 12.0 Å². The number of halogens is 3. The molecule has 1 N–H and O–H groups in total. The molecule has 1 nitrogen and oxygen atoms in total. The molecule has 0 aliphatic rings. The minimum Gasteiger partial charge on any atom is -0.306 e. The molecular weight excluding hydrogens is 292 g/mol. The Kier molecular flexibility index (Phi) is 4.96. The highest BCUT2D eigenvalue weighted by Crippen LogP contribution is 2.29. The van der Waals surface area contributed by atoms with Gasteiger partial charge in [-0.2, -0.15) is 0 Å². The van der Waals surface area contributed by atoms with Gasteiger partial charge in [-0.3, -0.25) is 0 Å². The average molecular weight is 310 g/mol. The largest absolute Gasteiger partial charge is 0.306 e. The lowest BCUT2D eigenvalue weighted by atomic mass is 9.96. The summed E-state index contributed by atoms with van der Waals surface area (Å²) in [6.45, 7) is 6.00. The Morgan fingerprint density at radius 3 is 2.33 bits per heavy atom. The molecule has 0 aromatic heterocycles. The van der Waals surface area contributed by atoms with Crippen molar-refractivity contribution in [3.63, 3.8) is 0 Å². The predicted octanol–water partition coefficient (Wildman–Crippen LogP) is 4.93. The van der Waals surface area contributed by atoms with Crippen molar-refractivity contribution in [3.05, 3.63) is 69.2 Å². The van der Waals surface area contributed by atoms with Crippen LogP contribution in [0.4, 0.5) is 8.78 Å². The number of hydrogen-bond acceptors (Lipinski definition) is 1. The number of benzene rings is 2. The summed E-state index contributed by atoms with van der Waals surface area (Å²) < 4.78 is 28.1. The van der Waals surface area contributed by atoms with E-state index in [4.69, 9.17) is 11.6 Å². The fraction of sp³-hybridized carbons (Fsp3) is 0.294. The standard InChI is InChI=1S/C17H18ClF2N/c1-4-21-17(12-7-5-10(2)14(18)9-12)13-8-6-11(3)15(19)16(13)20/h5-9,17,21H,4H2,1-3H3. The summed E-state index contributed by atoms with van der Waals surface area (Å²) in [6.07, 6.45) is 0. The molecule has 2 aromatic rings. The molecule has 0 spiro atoms. The smallest absolute Gasteiger partial charge is 0.164 e. The van der Waals surface area contributed by atoms with Gasteiger partial charge >= 0.3 is 0 Å². The van der Waals surface area contributed by atoms with E-state index in [0.717, 1.165) is 11.1 Å². The quantitative estimate of drug-likeness (QED) is 0.844. The van der Waals surface area contributed by atoms with Gasteiger partial charge in [0.1, 0.15) is 0 Å². The van der Waals surface area contributed by atoms with Crippen molar-refractivity contribution < 1.29 is 8.78 Å². The van der Waals surface area contributed by atoms with Crippen LogP contribution in [0.3, 0.4) is 0 Å². The van der Waals surface area contributed by atoms with Gasteiger partial charge in [-0.15, -0.1) is 0 Å². The minimum absolute atomic E-state index is 0.292. The van der Waals surface area contributed by atoms with Gasteiger partial charge in [0, 0.05) is 10.6 Å². The van der Waals surface area contributed by atoms with Crippen LogP contribution in [0.5, 0.6) is 0 Å². The molecule has 112 valence electrons. The highest BCUT2D eigenvalue weighted by atomic mass is 35.5. The van der Waals surface area contributed by atoms with Crippen molar-refractivity contribution in [2.75, 3.05) is 6.54 Å². The van der Waals surface area contributed by atoms with E-state index in [1.807, 2.05) is 26.0 Å². The molecule has 0 radical (unpaired) electrons. The first-order chi connectivity index (χ1) is 9.95. The van der Waals surface area contributed by atoms with Crippen molar-refractivity contribution >= 4 is 11.6 Å². The summed E-state index contributed by atoms with van der Waals surface area (Å²) in [5.74, 6) is -1.61. The fourth-order valence-electron chi connectivity index (χ4n) is 2.28. The third-order valence-electron chi connectivity index (χ3n) is 3.55. The lowest BCUT2D eigenvalue weighted by Gasteiger charge is -2.21. The molecule has 0 bridgehead atoms. The second-order valence-corrected chi connectivity index (χ2v) is 5.51. The molecule has 2 rings (SSSR count). The fourth-order valence-corrected chi connectivity index (χ4v) is 2.47. The third-order valence-corrected chi connectivity index (χ3v) is 3.96. The summed E-state index contributed by atoms with van der Waals surface area (Å²) in [5.41, 5.74) is 2.36. The lowest BCUT2D eigenvalue weighted by Crippen LogP contribution is -2.23. The van der Waals surface area contributed by atoms with Crippen molar-refractivity contribution in [2.24, 2.45) is 0 Å². The van der Waals surface area contributed by atoms with E-state index >= 15 is 0 Å². The second-order valence-electron chi connectivity index (χ2n) is 5.10. The summed E-state index contributed by atoms with van der Waals surface area (Å²) in [7, 11) is 0. The normalized spacial score (nSPS) is 12.5. The Balaban J connectivity index is 2.53. The first kappa shape index (κ1) is 15.9. The minimum atomic E-state index is -0.808. The lowest BCUT2D eigenvalue weighted by molar-refractivity contribution is 0.478. The van der Waals surface area contributed by atoms with Gasteiger partial charge in [0.2, 0.25) is 0 Å². The molecule has 2 aromatic carbocycles. The van der Waals surface area contributed by atoms with Crippen LogP contribution in [0.2, 0.25) is 5.02 Å². The second kappa shape index (κ2) is 6.54. The van der Waals surface area contributed by atoms with E-state index in [9.17, 15) is 8.78 Å². The molecule has 0 amide bonds. The van der Waals surface area contributed by atoms with Gasteiger partial charge in [0.05, 0.1) is 6.04 Å². The summed E-state index contributed by atoms with van der Waals surface area (Å²) in [5, 5.41) is 3.80. The van der Waals surface area contributed by atoms with Crippen LogP contribution >= 0.6 is 11.6 Å². The highest BCUT2D eigenvalue weighted by molar-refractivity contribution is 6.31. The van der Waals surface area contributed by atoms with Gasteiger partial charge in [-0.05, 0) is 43.1 Å². The molecule has 4 heteroatoms. The molecule has 0 saturated carbocycles. The van der Waals surface area contributed by atoms with E-state index in [2.05, 4.69) is 5.32 Å². The highest BCUT2D eigenvalue weighted by Gasteiger charge is 2.21. The van der Waals surface area contributed by atoms with E-state index in [1.54, 1.807) is 25.1 Å². The molecule has 1 atom stereocenters. The zero-order valence-corrected chi connectivity index (χ0v) is 13.1. The van der Waals surface area contributed by atoms with Crippen molar-refractivity contribution in [1.29, 1.82) is 0 Å². The van der Waals surface area contributed by atoms with Crippen LogP contribution in [0, 0.1) is 25.5 Å². The Hall–Kier alpha value is -1.45. The molecule has 0 saturated heterocycles. The first-order valence-electron chi connectivity index (χ1n) is 6.89. The zero-order chi connectivity index (χ0) is 15.6. The Labute approximate surface area is 128 Å². The number of rotatable bonds is 4. The van der Waals surface area contributed by atoms with E-state index in [1.165, 1.54) is 0 Å². The molecule has 0 aliphatic carbocycles. The Morgan fingerprint density at radius 2 is 1.71 bits per heavy atom. The van der Waals surface area contributed by atoms with E-state index in [0.29, 0.717) is 22.7 Å².